The van der Waals surface area contributed by atoms with Crippen LogP contribution >= 0.6 is 23.2 Å². The molecule has 0 aromatic heterocycles. The van der Waals surface area contributed by atoms with Gasteiger partial charge >= 0.3 is 6.03 Å². The molecular weight excluding hydrogens is 367 g/mol. The van der Waals surface area contributed by atoms with Crippen molar-refractivity contribution in [1.82, 2.24) is 4.90 Å². The smallest absolute Gasteiger partial charge is 0.321 e. The average Bonchev–Trinajstić information content (AvgIpc) is 2.61. The molecule has 0 aliphatic heterocycles. The number of anilines is 1. The minimum absolute atomic E-state index is 0.0722. The summed E-state index contributed by atoms with van der Waals surface area (Å²) >= 11 is 12.0. The van der Waals surface area contributed by atoms with Crippen molar-refractivity contribution in [3.63, 3.8) is 0 Å². The van der Waals surface area contributed by atoms with Crippen LogP contribution < -0.4 is 5.32 Å². The number of hydrogen-bond donors (Lipinski definition) is 1. The number of fused-ring (bicyclic) bond motifs is 1. The molecule has 3 aliphatic rings. The van der Waals surface area contributed by atoms with Crippen LogP contribution in [0.2, 0.25) is 10.0 Å². The fraction of sp³-hybridized carbons (Fsp3) is 0.571. The van der Waals surface area contributed by atoms with Gasteiger partial charge < -0.3 is 10.2 Å². The van der Waals surface area contributed by atoms with Crippen molar-refractivity contribution in [3.05, 3.63) is 39.9 Å². The third-order valence-electron chi connectivity index (χ3n) is 6.20. The lowest BCUT2D eigenvalue weighted by molar-refractivity contribution is -0.00952. The Hall–Kier alpha value is -1.19. The van der Waals surface area contributed by atoms with E-state index >= 15 is 0 Å². The van der Waals surface area contributed by atoms with Crippen molar-refractivity contribution in [1.29, 1.82) is 0 Å². The first-order valence-electron chi connectivity index (χ1n) is 9.52. The summed E-state index contributed by atoms with van der Waals surface area (Å²) in [6.45, 7) is 8.36. The fourth-order valence-corrected chi connectivity index (χ4v) is 4.55. The van der Waals surface area contributed by atoms with E-state index in [4.69, 9.17) is 23.2 Å². The first-order chi connectivity index (χ1) is 12.3. The van der Waals surface area contributed by atoms with E-state index in [1.807, 2.05) is 4.90 Å². The van der Waals surface area contributed by atoms with E-state index in [2.05, 4.69) is 32.2 Å². The molecule has 1 aromatic rings. The van der Waals surface area contributed by atoms with Crippen LogP contribution in [-0.2, 0) is 0 Å². The summed E-state index contributed by atoms with van der Waals surface area (Å²) in [6, 6.07) is 5.11. The van der Waals surface area contributed by atoms with E-state index in [-0.39, 0.29) is 6.03 Å². The number of allylic oxidation sites excluding steroid dienone is 1. The summed E-state index contributed by atoms with van der Waals surface area (Å²) in [7, 11) is 0. The van der Waals surface area contributed by atoms with E-state index in [1.54, 1.807) is 18.2 Å². The standard InChI is InChI=1S/C21H28Cl2N2O/c1-4-5-10-25(13-14-6-7-15-11-17(14)21(15,2)3)20(26)24-16-8-9-18(22)19(23)12-16/h6,8-9,12,15,17H,4-5,7,10-11,13H2,1-3H3,(H,24,26). The quantitative estimate of drug-likeness (QED) is 0.540. The van der Waals surface area contributed by atoms with Gasteiger partial charge in [0.05, 0.1) is 10.0 Å². The summed E-state index contributed by atoms with van der Waals surface area (Å²) in [5.41, 5.74) is 2.48. The molecule has 5 heteroatoms. The molecule has 2 unspecified atom stereocenters. The number of nitrogens with zero attached hydrogens (tertiary/aromatic N) is 1. The minimum Gasteiger partial charge on any atom is -0.321 e. The van der Waals surface area contributed by atoms with Gasteiger partial charge in [-0.25, -0.2) is 4.79 Å². The molecule has 0 heterocycles. The fourth-order valence-electron chi connectivity index (χ4n) is 4.25. The Balaban J connectivity index is 1.70. The van der Waals surface area contributed by atoms with Crippen molar-refractivity contribution in [2.75, 3.05) is 18.4 Å². The van der Waals surface area contributed by atoms with Gasteiger partial charge in [-0.2, -0.15) is 0 Å². The zero-order chi connectivity index (χ0) is 18.9. The van der Waals surface area contributed by atoms with Crippen molar-refractivity contribution in [2.45, 2.75) is 46.5 Å². The lowest BCUT2D eigenvalue weighted by Gasteiger charge is -2.57. The van der Waals surface area contributed by atoms with Gasteiger partial charge in [0.25, 0.3) is 0 Å². The first kappa shape index (κ1) is 19.6. The Morgan fingerprint density at radius 2 is 2.08 bits per heavy atom. The number of carbonyl (C=O) groups excluding carboxylic acids is 1. The Morgan fingerprint density at radius 1 is 1.31 bits per heavy atom. The number of halogens is 2. The summed E-state index contributed by atoms with van der Waals surface area (Å²) in [5, 5.41) is 3.91. The average molecular weight is 395 g/mol. The highest BCUT2D eigenvalue weighted by molar-refractivity contribution is 6.42. The molecule has 0 spiro atoms. The van der Waals surface area contributed by atoms with Crippen LogP contribution in [0.4, 0.5) is 10.5 Å². The molecular formula is C21H28Cl2N2O. The number of rotatable bonds is 6. The van der Waals surface area contributed by atoms with E-state index < -0.39 is 0 Å². The van der Waals surface area contributed by atoms with Crippen molar-refractivity contribution >= 4 is 34.9 Å². The molecule has 2 atom stereocenters. The second-order valence-corrected chi connectivity index (χ2v) is 8.97. The van der Waals surface area contributed by atoms with Crippen LogP contribution in [-0.4, -0.2) is 24.0 Å². The van der Waals surface area contributed by atoms with E-state index in [9.17, 15) is 4.79 Å². The SMILES string of the molecule is CCCCN(CC1=CCC2CC1C2(C)C)C(=O)Nc1ccc(Cl)c(Cl)c1. The van der Waals surface area contributed by atoms with E-state index in [0.717, 1.165) is 31.7 Å². The summed E-state index contributed by atoms with van der Waals surface area (Å²) < 4.78 is 0. The summed E-state index contributed by atoms with van der Waals surface area (Å²) in [4.78, 5) is 14.8. The Morgan fingerprint density at radius 3 is 2.69 bits per heavy atom. The van der Waals surface area contributed by atoms with Gasteiger partial charge in [-0.05, 0) is 54.7 Å². The first-order valence-corrected chi connectivity index (χ1v) is 10.3. The molecule has 3 aliphatic carbocycles. The number of carbonyl (C=O) groups is 1. The zero-order valence-corrected chi connectivity index (χ0v) is 17.3. The van der Waals surface area contributed by atoms with Gasteiger partial charge in [0, 0.05) is 18.8 Å². The maximum atomic E-state index is 12.9. The van der Waals surface area contributed by atoms with Gasteiger partial charge in [0.1, 0.15) is 0 Å². The van der Waals surface area contributed by atoms with Crippen molar-refractivity contribution in [3.8, 4) is 0 Å². The topological polar surface area (TPSA) is 32.3 Å². The number of unbranched alkanes of at least 4 members (excludes halogenated alkanes) is 1. The zero-order valence-electron chi connectivity index (χ0n) is 15.8. The molecule has 0 saturated heterocycles. The van der Waals surface area contributed by atoms with Gasteiger partial charge in [0.2, 0.25) is 0 Å². The van der Waals surface area contributed by atoms with Crippen LogP contribution in [0.3, 0.4) is 0 Å². The van der Waals surface area contributed by atoms with Crippen LogP contribution in [0.5, 0.6) is 0 Å². The highest BCUT2D eigenvalue weighted by atomic mass is 35.5. The number of nitrogens with one attached hydrogen (secondary N) is 1. The largest absolute Gasteiger partial charge is 0.322 e. The van der Waals surface area contributed by atoms with E-state index in [0.29, 0.717) is 33.6 Å². The molecule has 2 bridgehead atoms. The number of amides is 2. The van der Waals surface area contributed by atoms with E-state index in [1.165, 1.54) is 12.0 Å². The molecule has 0 radical (unpaired) electrons. The van der Waals surface area contributed by atoms with Crippen LogP contribution in [0.15, 0.2) is 29.8 Å². The molecule has 1 aromatic carbocycles. The molecule has 2 amide bonds. The molecule has 1 saturated carbocycles. The highest BCUT2D eigenvalue weighted by Crippen LogP contribution is 2.59. The predicted octanol–water partition coefficient (Wildman–Crippen LogP) is 6.62. The maximum Gasteiger partial charge on any atom is 0.322 e. The Bertz CT molecular complexity index is 714. The number of hydrogen-bond acceptors (Lipinski definition) is 1. The third kappa shape index (κ3) is 3.89. The minimum atomic E-state index is -0.0722. The molecule has 4 rings (SSSR count). The second-order valence-electron chi connectivity index (χ2n) is 8.16. The lowest BCUT2D eigenvalue weighted by atomic mass is 9.49. The van der Waals surface area contributed by atoms with Crippen molar-refractivity contribution < 1.29 is 4.79 Å². The maximum absolute atomic E-state index is 12.9. The molecule has 3 nitrogen and oxygen atoms in total. The predicted molar refractivity (Wildman–Crippen MR) is 110 cm³/mol. The second kappa shape index (κ2) is 7.82. The van der Waals surface area contributed by atoms with Crippen LogP contribution in [0.25, 0.3) is 0 Å². The number of benzene rings is 1. The third-order valence-corrected chi connectivity index (χ3v) is 6.93. The lowest BCUT2D eigenvalue weighted by Crippen LogP contribution is -2.50. The Labute approximate surface area is 166 Å². The highest BCUT2D eigenvalue weighted by Gasteiger charge is 2.51. The van der Waals surface area contributed by atoms with Gasteiger partial charge in [-0.3, -0.25) is 0 Å². The van der Waals surface area contributed by atoms with Crippen molar-refractivity contribution in [2.24, 2.45) is 17.3 Å². The normalized spacial score (nSPS) is 23.0. The van der Waals surface area contributed by atoms with Gasteiger partial charge in [-0.1, -0.05) is 62.0 Å². The van der Waals surface area contributed by atoms with Crippen LogP contribution in [0.1, 0.15) is 46.5 Å². The Kier molecular flexibility index (Phi) is 5.88. The monoisotopic (exact) mass is 394 g/mol. The molecule has 1 fully saturated rings. The number of urea groups is 1. The van der Waals surface area contributed by atoms with Crippen LogP contribution in [0, 0.1) is 17.3 Å². The molecule has 142 valence electrons. The summed E-state index contributed by atoms with van der Waals surface area (Å²) in [6.07, 6.45) is 6.85. The van der Waals surface area contributed by atoms with Gasteiger partial charge in [-0.15, -0.1) is 0 Å². The molecule has 1 N–H and O–H groups in total. The summed E-state index contributed by atoms with van der Waals surface area (Å²) in [5.74, 6) is 1.42. The molecule has 26 heavy (non-hydrogen) atoms. The van der Waals surface area contributed by atoms with Gasteiger partial charge in [0.15, 0.2) is 0 Å².